The van der Waals surface area contributed by atoms with Crippen molar-refractivity contribution in [1.29, 1.82) is 0 Å². The lowest BCUT2D eigenvalue weighted by atomic mass is 9.77. The van der Waals surface area contributed by atoms with Gasteiger partial charge in [-0.05, 0) is 180 Å². The molecule has 22 nitrogen and oxygen atoms in total. The van der Waals surface area contributed by atoms with Gasteiger partial charge in [0.15, 0.2) is 22.7 Å². The largest absolute Gasteiger partial charge is 0.633 e. The van der Waals surface area contributed by atoms with E-state index in [4.69, 9.17) is 50.4 Å². The standard InChI is InChI=1S/2C44H44BN5O6/c46-25-27-4-1-6-31(20-27)29-12-16-49(17-13-29)40(51)22-33-23-41(52)54-42-34(33)10-11-39-43(42)56-45(55-39)36-8-3-9-37-35(36)24-38(48-37)44(53)50-18-14-30(15-19-50)32-7-2-5-28(21-32)26-47;46-25-27-4-1-6-31(20-27)29-12-16-49(17-13-29)40(51)23-34-22-33-10-11-39-42(41(33)54-44(34)53)56-45(55-39)36-8-3-9-37-35(36)24-38(48-37)43(52)50-18-14-30(15-19-50)32-7-2-5-28(21-32)26-47/h1-11,20-21,23-24,29-30,48H,12-19,22,25-26,46-47H2;1-11,20-22,24,29-30,48H,12-19,23,25-26,46-47H2. The third-order valence-electron chi connectivity index (χ3n) is 23.7. The summed E-state index contributed by atoms with van der Waals surface area (Å²) in [5, 5.41) is 2.87. The number of nitrogens with one attached hydrogen (secondary N) is 2. The quantitative estimate of drug-likeness (QED) is 0.0387. The van der Waals surface area contributed by atoms with Gasteiger partial charge in [-0.15, -0.1) is 0 Å². The molecule has 6 aliphatic rings. The number of amides is 4. The first-order valence-corrected chi connectivity index (χ1v) is 39.1. The number of nitrogens with zero attached hydrogens (tertiary/aromatic N) is 4. The molecule has 0 saturated carbocycles. The lowest BCUT2D eigenvalue weighted by Crippen LogP contribution is -2.39. The number of hydrogen-bond acceptors (Lipinski definition) is 16. The molecule has 0 spiro atoms. The summed E-state index contributed by atoms with van der Waals surface area (Å²) in [4.78, 5) is 94.8. The first-order chi connectivity index (χ1) is 54.7. The van der Waals surface area contributed by atoms with Crippen LogP contribution in [-0.2, 0) is 48.6 Å². The van der Waals surface area contributed by atoms with E-state index in [9.17, 15) is 28.8 Å². The summed E-state index contributed by atoms with van der Waals surface area (Å²) in [6.07, 6.45) is 7.02. The lowest BCUT2D eigenvalue weighted by molar-refractivity contribution is -0.132. The average molecular weight is 1500 g/mol. The van der Waals surface area contributed by atoms with Crippen LogP contribution < -0.4 is 63.7 Å². The number of H-pyrrole nitrogens is 2. The Labute approximate surface area is 647 Å². The molecule has 18 rings (SSSR count). The molecule has 4 amide bonds. The maximum Gasteiger partial charge on any atom is 0.633 e. The summed E-state index contributed by atoms with van der Waals surface area (Å²) >= 11 is 0. The molecule has 8 aromatic carbocycles. The molecule has 0 atom stereocenters. The van der Waals surface area contributed by atoms with Crippen LogP contribution in [0.2, 0.25) is 0 Å². The second-order valence-electron chi connectivity index (χ2n) is 30.4. The fraction of sp³-hybridized carbons (Fsp3) is 0.295. The highest BCUT2D eigenvalue weighted by molar-refractivity contribution is 6.67. The summed E-state index contributed by atoms with van der Waals surface area (Å²) in [5.74, 6) is 2.82. The van der Waals surface area contributed by atoms with Crippen molar-refractivity contribution in [3.63, 3.8) is 0 Å². The molecular formula is C88H88B2N10O12. The highest BCUT2D eigenvalue weighted by Gasteiger charge is 2.41. The van der Waals surface area contributed by atoms with Gasteiger partial charge in [0.1, 0.15) is 22.9 Å². The van der Waals surface area contributed by atoms with E-state index in [0.29, 0.717) is 158 Å². The van der Waals surface area contributed by atoms with E-state index in [0.717, 1.165) is 106 Å². The third-order valence-corrected chi connectivity index (χ3v) is 23.7. The molecule has 0 bridgehead atoms. The SMILES string of the molecule is NCc1cccc(C2CCN(C(=O)Cc3cc(=O)oc4c5c(ccc34)OB(c3cccc4[nH]c(C(=O)N6CCC(c7cccc(CN)c7)CC6)cc34)O5)CC2)c1.NCc1cccc(C2CCN(C(=O)Cc3cc4ccc5c(c4oc3=O)OB(c3cccc4[nH]c(C(=O)N6CCC(c7cccc(CN)c7)CC6)cc34)O5)CC2)c1. The van der Waals surface area contributed by atoms with Crippen molar-refractivity contribution in [2.75, 3.05) is 52.4 Å². The molecule has 568 valence electrons. The maximum atomic E-state index is 13.7. The molecule has 10 N–H and O–H groups in total. The second-order valence-corrected chi connectivity index (χ2v) is 30.4. The number of carbonyl (C=O) groups is 4. The molecule has 112 heavy (non-hydrogen) atoms. The Morgan fingerprint density at radius 2 is 0.768 bits per heavy atom. The van der Waals surface area contributed by atoms with E-state index in [-0.39, 0.29) is 47.6 Å². The van der Waals surface area contributed by atoms with E-state index in [1.54, 1.807) is 18.2 Å². The Morgan fingerprint density at radius 1 is 0.384 bits per heavy atom. The van der Waals surface area contributed by atoms with Crippen molar-refractivity contribution >= 4 is 92.5 Å². The molecule has 4 saturated heterocycles. The minimum Gasteiger partial charge on any atom is -0.519 e. The summed E-state index contributed by atoms with van der Waals surface area (Å²) in [7, 11) is -1.68. The first-order valence-electron chi connectivity index (χ1n) is 39.1. The number of benzene rings is 8. The van der Waals surface area contributed by atoms with Crippen LogP contribution in [0.1, 0.15) is 152 Å². The van der Waals surface area contributed by atoms with Crippen LogP contribution in [0.4, 0.5) is 0 Å². The van der Waals surface area contributed by atoms with E-state index in [1.807, 2.05) is 117 Å². The van der Waals surface area contributed by atoms with Gasteiger partial charge in [-0.3, -0.25) is 19.2 Å². The van der Waals surface area contributed by atoms with Gasteiger partial charge in [-0.25, -0.2) is 9.59 Å². The number of fused-ring (bicyclic) bond motifs is 8. The van der Waals surface area contributed by atoms with Crippen molar-refractivity contribution in [2.24, 2.45) is 22.9 Å². The molecule has 12 aromatic rings. The minimum absolute atomic E-state index is 0.0345. The Balaban J connectivity index is 0.000000163. The maximum absolute atomic E-state index is 13.7. The zero-order valence-electron chi connectivity index (χ0n) is 62.3. The van der Waals surface area contributed by atoms with Gasteiger partial charge in [-0.1, -0.05) is 121 Å². The molecule has 10 heterocycles. The van der Waals surface area contributed by atoms with Crippen LogP contribution in [0.5, 0.6) is 23.0 Å². The number of rotatable bonds is 16. The predicted octanol–water partition coefficient (Wildman–Crippen LogP) is 10.7. The monoisotopic (exact) mass is 1500 g/mol. The van der Waals surface area contributed by atoms with Crippen molar-refractivity contribution in [3.8, 4) is 23.0 Å². The summed E-state index contributed by atoms with van der Waals surface area (Å²) in [5.41, 5.74) is 37.3. The van der Waals surface area contributed by atoms with Crippen molar-refractivity contribution in [1.82, 2.24) is 29.6 Å². The molecule has 4 fully saturated rings. The number of aromatic nitrogens is 2. The van der Waals surface area contributed by atoms with Gasteiger partial charge in [0.05, 0.1) is 12.8 Å². The molecule has 0 radical (unpaired) electrons. The Hall–Kier alpha value is -11.7. The van der Waals surface area contributed by atoms with Crippen LogP contribution in [0.25, 0.3) is 43.7 Å². The second kappa shape index (κ2) is 31.6. The van der Waals surface area contributed by atoms with Crippen LogP contribution in [0.3, 0.4) is 0 Å². The highest BCUT2D eigenvalue weighted by atomic mass is 16.6. The third kappa shape index (κ3) is 14.9. The molecule has 24 heteroatoms. The number of likely N-dealkylation sites (tertiary alicyclic amines) is 4. The molecular weight excluding hydrogens is 1410 g/mol. The Morgan fingerprint density at radius 3 is 1.19 bits per heavy atom. The smallest absolute Gasteiger partial charge is 0.519 e. The van der Waals surface area contributed by atoms with E-state index >= 15 is 0 Å². The van der Waals surface area contributed by atoms with Crippen molar-refractivity contribution in [2.45, 2.75) is 114 Å². The van der Waals surface area contributed by atoms with Crippen LogP contribution in [-0.4, -0.2) is 120 Å². The van der Waals surface area contributed by atoms with Crippen LogP contribution >= 0.6 is 0 Å². The molecule has 6 aliphatic heterocycles. The van der Waals surface area contributed by atoms with Gasteiger partial charge >= 0.3 is 25.5 Å². The molecule has 0 unspecified atom stereocenters. The highest BCUT2D eigenvalue weighted by Crippen LogP contribution is 2.44. The number of aromatic amines is 2. The normalized spacial score (nSPS) is 16.3. The first kappa shape index (κ1) is 73.1. The van der Waals surface area contributed by atoms with Gasteiger partial charge < -0.3 is 80.0 Å². The van der Waals surface area contributed by atoms with Crippen LogP contribution in [0.15, 0.2) is 200 Å². The predicted molar refractivity (Wildman–Crippen MR) is 432 cm³/mol. The van der Waals surface area contributed by atoms with Crippen molar-refractivity contribution < 1.29 is 46.6 Å². The number of nitrogens with two attached hydrogens (primary N) is 4. The fourth-order valence-electron chi connectivity index (χ4n) is 17.4. The number of piperidine rings is 4. The minimum atomic E-state index is -0.847. The Bertz CT molecular complexity index is 5730. The van der Waals surface area contributed by atoms with E-state index in [1.165, 1.54) is 28.3 Å². The average Bonchev–Trinajstić information content (AvgIpc) is 1.43. The fourth-order valence-corrected chi connectivity index (χ4v) is 17.4. The van der Waals surface area contributed by atoms with E-state index in [2.05, 4.69) is 70.6 Å². The van der Waals surface area contributed by atoms with Crippen molar-refractivity contribution in [3.05, 3.63) is 270 Å². The number of hydrogen-bond donors (Lipinski definition) is 6. The van der Waals surface area contributed by atoms with E-state index < -0.39 is 25.5 Å². The molecule has 0 aliphatic carbocycles. The topological polar surface area (TPSA) is 314 Å². The summed E-state index contributed by atoms with van der Waals surface area (Å²) < 4.78 is 36.9. The van der Waals surface area contributed by atoms with Gasteiger partial charge in [0, 0.05) is 134 Å². The summed E-state index contributed by atoms with van der Waals surface area (Å²) in [6.45, 7) is 7.24. The number of carbonyl (C=O) groups excluding carboxylic acids is 4. The lowest BCUT2D eigenvalue weighted by Gasteiger charge is -2.32. The zero-order chi connectivity index (χ0) is 76.7. The van der Waals surface area contributed by atoms with Crippen LogP contribution in [0, 0.1) is 0 Å². The zero-order valence-corrected chi connectivity index (χ0v) is 62.3. The van der Waals surface area contributed by atoms with Gasteiger partial charge in [-0.2, -0.15) is 0 Å². The summed E-state index contributed by atoms with van der Waals surface area (Å²) in [6, 6.07) is 59.1. The van der Waals surface area contributed by atoms with Gasteiger partial charge in [0.25, 0.3) is 11.8 Å². The molecule has 4 aromatic heterocycles. The van der Waals surface area contributed by atoms with Gasteiger partial charge in [0.2, 0.25) is 11.8 Å². The Kier molecular flexibility index (Phi) is 20.6.